The number of nitrogens with zero attached hydrogens (tertiary/aromatic N) is 1. The Bertz CT molecular complexity index is 1620. The fourth-order valence-corrected chi connectivity index (χ4v) is 4.86. The summed E-state index contributed by atoms with van der Waals surface area (Å²) in [5.41, 5.74) is 4.42. The maximum atomic E-state index is 13.7. The normalized spacial score (nSPS) is 11.5. The zero-order valence-corrected chi connectivity index (χ0v) is 23.8. The molecule has 7 nitrogen and oxygen atoms in total. The number of hydrogen-bond acceptors (Lipinski definition) is 4. The molecule has 4 rings (SSSR count). The van der Waals surface area contributed by atoms with Crippen molar-refractivity contribution < 1.29 is 33.7 Å². The second-order valence-corrected chi connectivity index (χ2v) is 10.0. The van der Waals surface area contributed by atoms with Crippen LogP contribution in [0, 0.1) is 12.7 Å². The quantitative estimate of drug-likeness (QED) is 0.117. The molecule has 0 atom stereocenters. The Morgan fingerprint density at radius 3 is 2.38 bits per heavy atom. The van der Waals surface area contributed by atoms with Crippen LogP contribution < -0.4 is 9.47 Å². The fourth-order valence-electron chi connectivity index (χ4n) is 4.70. The molecule has 42 heavy (non-hydrogen) atoms. The summed E-state index contributed by atoms with van der Waals surface area (Å²) in [6.07, 6.45) is 8.51. The first-order valence-corrected chi connectivity index (χ1v) is 13.8. The molecular weight excluding hydrogens is 561 g/mol. The van der Waals surface area contributed by atoms with E-state index in [-0.39, 0.29) is 25.3 Å². The first kappa shape index (κ1) is 30.4. The standard InChI is InChI=1S/C33H31ClFNO6/c1-22-27(7-5-9-31(37)38)28-8-4-6-24(33(28)36(22)21-32(39)40)13-10-23-11-15-26(16-12-23)41-18-2-3-19-42-30-17-14-25(34)20-29(30)35/h2-4,6,8,10-17,20H,5,7,9,18-19,21H2,1H3,(H,37,38)(H,39,40)/b3-2+,13-10?. The molecule has 1 heterocycles. The van der Waals surface area contributed by atoms with Crippen LogP contribution in [0.3, 0.4) is 0 Å². The van der Waals surface area contributed by atoms with Crippen LogP contribution in [-0.4, -0.2) is 39.9 Å². The number of carbonyl (C=O) groups is 2. The van der Waals surface area contributed by atoms with Crippen LogP contribution in [-0.2, 0) is 22.6 Å². The van der Waals surface area contributed by atoms with E-state index in [1.54, 1.807) is 22.8 Å². The molecule has 218 valence electrons. The van der Waals surface area contributed by atoms with E-state index in [9.17, 15) is 19.1 Å². The molecule has 1 aromatic heterocycles. The number of ether oxygens (including phenoxy) is 2. The number of aromatic nitrogens is 1. The van der Waals surface area contributed by atoms with Crippen molar-refractivity contribution in [3.05, 3.63) is 106 Å². The van der Waals surface area contributed by atoms with Gasteiger partial charge in [-0.25, -0.2) is 4.39 Å². The molecule has 0 unspecified atom stereocenters. The molecule has 0 amide bonds. The van der Waals surface area contributed by atoms with Gasteiger partial charge in [0.25, 0.3) is 0 Å². The lowest BCUT2D eigenvalue weighted by molar-refractivity contribution is -0.138. The Balaban J connectivity index is 1.40. The molecule has 0 aliphatic rings. The maximum Gasteiger partial charge on any atom is 0.323 e. The van der Waals surface area contributed by atoms with Crippen molar-refractivity contribution in [2.45, 2.75) is 32.7 Å². The average Bonchev–Trinajstić information content (AvgIpc) is 3.21. The first-order chi connectivity index (χ1) is 20.2. The van der Waals surface area contributed by atoms with Crippen LogP contribution in [0.1, 0.15) is 35.2 Å². The fraction of sp³-hybridized carbons (Fsp3) is 0.212. The van der Waals surface area contributed by atoms with Gasteiger partial charge in [-0.15, -0.1) is 0 Å². The number of carboxylic acid groups (broad SMARTS) is 2. The Morgan fingerprint density at radius 1 is 0.952 bits per heavy atom. The van der Waals surface area contributed by atoms with Gasteiger partial charge in [-0.2, -0.15) is 0 Å². The molecule has 3 aromatic carbocycles. The summed E-state index contributed by atoms with van der Waals surface area (Å²) in [6, 6.07) is 17.6. The summed E-state index contributed by atoms with van der Waals surface area (Å²) in [7, 11) is 0. The zero-order valence-electron chi connectivity index (χ0n) is 23.1. The number of halogens is 2. The van der Waals surface area contributed by atoms with Crippen molar-refractivity contribution in [1.82, 2.24) is 4.57 Å². The number of benzene rings is 3. The topological polar surface area (TPSA) is 98.0 Å². The van der Waals surface area contributed by atoms with Crippen molar-refractivity contribution >= 4 is 46.6 Å². The number of fused-ring (bicyclic) bond motifs is 1. The van der Waals surface area contributed by atoms with Gasteiger partial charge in [0.2, 0.25) is 0 Å². The summed E-state index contributed by atoms with van der Waals surface area (Å²) < 4.78 is 26.6. The highest BCUT2D eigenvalue weighted by atomic mass is 35.5. The van der Waals surface area contributed by atoms with Crippen LogP contribution in [0.2, 0.25) is 5.02 Å². The van der Waals surface area contributed by atoms with E-state index in [2.05, 4.69) is 0 Å². The maximum absolute atomic E-state index is 13.7. The number of para-hydroxylation sites is 1. The Labute approximate surface area is 248 Å². The highest BCUT2D eigenvalue weighted by molar-refractivity contribution is 6.30. The molecule has 0 saturated carbocycles. The largest absolute Gasteiger partial charge is 0.490 e. The third-order valence-corrected chi connectivity index (χ3v) is 6.93. The van der Waals surface area contributed by atoms with Gasteiger partial charge in [0.15, 0.2) is 11.6 Å². The van der Waals surface area contributed by atoms with Crippen LogP contribution >= 0.6 is 11.6 Å². The van der Waals surface area contributed by atoms with Gasteiger partial charge < -0.3 is 24.3 Å². The van der Waals surface area contributed by atoms with Crippen LogP contribution in [0.5, 0.6) is 11.5 Å². The molecule has 2 N–H and O–H groups in total. The predicted molar refractivity (Wildman–Crippen MR) is 162 cm³/mol. The number of aryl methyl sites for hydroxylation is 1. The SMILES string of the molecule is Cc1c(CCCC(=O)O)c2cccc(C=Cc3ccc(OC/C=C/COc4ccc(Cl)cc4F)cc3)c2n1CC(=O)O. The molecule has 0 aliphatic heterocycles. The summed E-state index contributed by atoms with van der Waals surface area (Å²) in [4.78, 5) is 22.7. The third kappa shape index (κ3) is 8.01. The monoisotopic (exact) mass is 591 g/mol. The molecule has 0 radical (unpaired) electrons. The minimum Gasteiger partial charge on any atom is -0.490 e. The molecule has 0 bridgehead atoms. The minimum absolute atomic E-state index is 0.0561. The highest BCUT2D eigenvalue weighted by Crippen LogP contribution is 2.31. The van der Waals surface area contributed by atoms with Crippen molar-refractivity contribution in [2.24, 2.45) is 0 Å². The minimum atomic E-state index is -0.945. The van der Waals surface area contributed by atoms with Gasteiger partial charge in [0.05, 0.1) is 5.52 Å². The van der Waals surface area contributed by atoms with Crippen molar-refractivity contribution in [1.29, 1.82) is 0 Å². The van der Waals surface area contributed by atoms with Crippen LogP contribution in [0.4, 0.5) is 4.39 Å². The molecular formula is C33H31ClFNO6. The molecule has 4 aromatic rings. The highest BCUT2D eigenvalue weighted by Gasteiger charge is 2.18. The molecule has 9 heteroatoms. The smallest absolute Gasteiger partial charge is 0.323 e. The van der Waals surface area contributed by atoms with Crippen LogP contribution in [0.25, 0.3) is 23.1 Å². The lowest BCUT2D eigenvalue weighted by Crippen LogP contribution is -2.10. The van der Waals surface area contributed by atoms with Gasteiger partial charge in [0, 0.05) is 22.5 Å². The van der Waals surface area contributed by atoms with Crippen molar-refractivity contribution in [3.8, 4) is 11.5 Å². The summed E-state index contributed by atoms with van der Waals surface area (Å²) in [5, 5.41) is 19.8. The Morgan fingerprint density at radius 2 is 1.69 bits per heavy atom. The van der Waals surface area contributed by atoms with E-state index >= 15 is 0 Å². The van der Waals surface area contributed by atoms with Crippen molar-refractivity contribution in [2.75, 3.05) is 13.2 Å². The Kier molecular flexibility index (Phi) is 10.4. The summed E-state index contributed by atoms with van der Waals surface area (Å²) in [6.45, 7) is 2.21. The van der Waals surface area contributed by atoms with E-state index in [0.29, 0.717) is 30.2 Å². The third-order valence-electron chi connectivity index (χ3n) is 6.69. The van der Waals surface area contributed by atoms with Gasteiger partial charge >= 0.3 is 11.9 Å². The van der Waals surface area contributed by atoms with Gasteiger partial charge in [-0.1, -0.05) is 54.1 Å². The lowest BCUT2D eigenvalue weighted by Gasteiger charge is -2.08. The van der Waals surface area contributed by atoms with Gasteiger partial charge in [-0.05, 0) is 78.9 Å². The summed E-state index contributed by atoms with van der Waals surface area (Å²) >= 11 is 5.74. The number of rotatable bonds is 14. The number of hydrogen-bond donors (Lipinski definition) is 2. The van der Waals surface area contributed by atoms with E-state index < -0.39 is 17.8 Å². The molecule has 0 saturated heterocycles. The molecule has 0 fully saturated rings. The van der Waals surface area contributed by atoms with Gasteiger partial charge in [0.1, 0.15) is 25.5 Å². The van der Waals surface area contributed by atoms with E-state index in [4.69, 9.17) is 26.2 Å². The number of aliphatic carboxylic acids is 2. The lowest BCUT2D eigenvalue weighted by atomic mass is 10.0. The van der Waals surface area contributed by atoms with Crippen molar-refractivity contribution in [3.63, 3.8) is 0 Å². The Hall–Kier alpha value is -4.56. The van der Waals surface area contributed by atoms with E-state index in [0.717, 1.165) is 33.3 Å². The molecule has 0 aliphatic carbocycles. The predicted octanol–water partition coefficient (Wildman–Crippen LogP) is 7.42. The molecule has 0 spiro atoms. The van der Waals surface area contributed by atoms with E-state index in [1.165, 1.54) is 12.1 Å². The second kappa shape index (κ2) is 14.4. The van der Waals surface area contributed by atoms with Gasteiger partial charge in [-0.3, -0.25) is 9.59 Å². The first-order valence-electron chi connectivity index (χ1n) is 13.4. The van der Waals surface area contributed by atoms with Crippen LogP contribution in [0.15, 0.2) is 72.8 Å². The second-order valence-electron chi connectivity index (χ2n) is 9.61. The summed E-state index contributed by atoms with van der Waals surface area (Å²) in [5.74, 6) is -1.50. The van der Waals surface area contributed by atoms with E-state index in [1.807, 2.05) is 61.5 Å². The number of carboxylic acids is 2. The zero-order chi connectivity index (χ0) is 30.1. The average molecular weight is 592 g/mol.